The van der Waals surface area contributed by atoms with Gasteiger partial charge in [-0.15, -0.1) is 0 Å². The van der Waals surface area contributed by atoms with Gasteiger partial charge in [0, 0.05) is 18.9 Å². The number of aromatic nitrogens is 2. The van der Waals surface area contributed by atoms with Crippen LogP contribution < -0.4 is 0 Å². The van der Waals surface area contributed by atoms with E-state index in [9.17, 15) is 8.78 Å². The van der Waals surface area contributed by atoms with Gasteiger partial charge in [-0.05, 0) is 36.6 Å². The molecule has 0 radical (unpaired) electrons. The molecule has 2 nitrogen and oxygen atoms in total. The van der Waals surface area contributed by atoms with Crippen LogP contribution in [0.2, 0.25) is 0 Å². The van der Waals surface area contributed by atoms with Gasteiger partial charge in [0.05, 0.1) is 0 Å². The SMILES string of the molecule is Cn1nccc1CCc1ccc(F)c(F)c1. The Morgan fingerprint density at radius 3 is 2.56 bits per heavy atom. The van der Waals surface area contributed by atoms with Crippen molar-refractivity contribution in [3.8, 4) is 0 Å². The van der Waals surface area contributed by atoms with Gasteiger partial charge in [0.15, 0.2) is 11.6 Å². The van der Waals surface area contributed by atoms with Crippen LogP contribution in [0.15, 0.2) is 30.5 Å². The van der Waals surface area contributed by atoms with Crippen molar-refractivity contribution < 1.29 is 8.78 Å². The summed E-state index contributed by atoms with van der Waals surface area (Å²) in [7, 11) is 1.86. The highest BCUT2D eigenvalue weighted by molar-refractivity contribution is 5.19. The summed E-state index contributed by atoms with van der Waals surface area (Å²) in [4.78, 5) is 0. The summed E-state index contributed by atoms with van der Waals surface area (Å²) in [5.74, 6) is -1.59. The third kappa shape index (κ3) is 2.27. The summed E-state index contributed by atoms with van der Waals surface area (Å²) in [6.07, 6.45) is 3.17. The maximum absolute atomic E-state index is 12.9. The van der Waals surface area contributed by atoms with E-state index >= 15 is 0 Å². The zero-order chi connectivity index (χ0) is 11.5. The van der Waals surface area contributed by atoms with Crippen molar-refractivity contribution >= 4 is 0 Å². The lowest BCUT2D eigenvalue weighted by Gasteiger charge is -2.03. The molecule has 1 heterocycles. The van der Waals surface area contributed by atoms with Gasteiger partial charge in [0.2, 0.25) is 0 Å². The minimum atomic E-state index is -0.802. The van der Waals surface area contributed by atoms with Crippen LogP contribution in [0.3, 0.4) is 0 Å². The molecule has 2 aromatic rings. The summed E-state index contributed by atoms with van der Waals surface area (Å²) in [6, 6.07) is 5.92. The minimum Gasteiger partial charge on any atom is -0.273 e. The van der Waals surface area contributed by atoms with Crippen molar-refractivity contribution in [2.75, 3.05) is 0 Å². The van der Waals surface area contributed by atoms with E-state index in [4.69, 9.17) is 0 Å². The average Bonchev–Trinajstić information content (AvgIpc) is 2.66. The first-order valence-electron chi connectivity index (χ1n) is 5.07. The van der Waals surface area contributed by atoms with E-state index in [1.54, 1.807) is 16.9 Å². The summed E-state index contributed by atoms with van der Waals surface area (Å²) in [6.45, 7) is 0. The van der Waals surface area contributed by atoms with E-state index in [1.807, 2.05) is 13.1 Å². The summed E-state index contributed by atoms with van der Waals surface area (Å²) in [5.41, 5.74) is 1.87. The van der Waals surface area contributed by atoms with Crippen LogP contribution in [0.5, 0.6) is 0 Å². The maximum Gasteiger partial charge on any atom is 0.159 e. The Balaban J connectivity index is 2.05. The Kier molecular flexibility index (Phi) is 2.99. The zero-order valence-electron chi connectivity index (χ0n) is 8.95. The highest BCUT2D eigenvalue weighted by atomic mass is 19.2. The second kappa shape index (κ2) is 4.43. The molecule has 1 aromatic heterocycles. The Hall–Kier alpha value is -1.71. The molecule has 0 bridgehead atoms. The molecule has 0 unspecified atom stereocenters. The highest BCUT2D eigenvalue weighted by Crippen LogP contribution is 2.11. The molecule has 0 aliphatic heterocycles. The fourth-order valence-corrected chi connectivity index (χ4v) is 1.61. The molecule has 0 aliphatic carbocycles. The predicted molar refractivity (Wildman–Crippen MR) is 57.0 cm³/mol. The van der Waals surface area contributed by atoms with Crippen molar-refractivity contribution in [2.45, 2.75) is 12.8 Å². The first-order valence-corrected chi connectivity index (χ1v) is 5.07. The second-order valence-electron chi connectivity index (χ2n) is 3.69. The summed E-state index contributed by atoms with van der Waals surface area (Å²) < 4.78 is 27.4. The van der Waals surface area contributed by atoms with Crippen LogP contribution in [-0.2, 0) is 19.9 Å². The molecular weight excluding hydrogens is 210 g/mol. The number of hydrogen-bond acceptors (Lipinski definition) is 1. The molecule has 16 heavy (non-hydrogen) atoms. The van der Waals surface area contributed by atoms with Crippen molar-refractivity contribution in [3.05, 3.63) is 53.4 Å². The molecule has 0 spiro atoms. The van der Waals surface area contributed by atoms with E-state index in [0.29, 0.717) is 6.42 Å². The van der Waals surface area contributed by atoms with Gasteiger partial charge < -0.3 is 0 Å². The molecule has 0 aliphatic rings. The van der Waals surface area contributed by atoms with Crippen molar-refractivity contribution in [1.29, 1.82) is 0 Å². The molecule has 0 atom stereocenters. The Labute approximate surface area is 92.5 Å². The Morgan fingerprint density at radius 1 is 1.12 bits per heavy atom. The topological polar surface area (TPSA) is 17.8 Å². The van der Waals surface area contributed by atoms with Gasteiger partial charge in [-0.1, -0.05) is 6.07 Å². The van der Waals surface area contributed by atoms with Gasteiger partial charge in [-0.3, -0.25) is 4.68 Å². The molecule has 0 fully saturated rings. The van der Waals surface area contributed by atoms with Crippen LogP contribution in [0.25, 0.3) is 0 Å². The fraction of sp³-hybridized carbons (Fsp3) is 0.250. The molecule has 84 valence electrons. The lowest BCUT2D eigenvalue weighted by atomic mass is 10.1. The normalized spacial score (nSPS) is 10.7. The van der Waals surface area contributed by atoms with Crippen molar-refractivity contribution in [1.82, 2.24) is 9.78 Å². The maximum atomic E-state index is 12.9. The van der Waals surface area contributed by atoms with Crippen LogP contribution in [0, 0.1) is 11.6 Å². The number of aryl methyl sites for hydroxylation is 3. The van der Waals surface area contributed by atoms with E-state index in [2.05, 4.69) is 5.10 Å². The van der Waals surface area contributed by atoms with Crippen molar-refractivity contribution in [3.63, 3.8) is 0 Å². The van der Waals surface area contributed by atoms with E-state index < -0.39 is 11.6 Å². The standard InChI is InChI=1S/C12H12F2N2/c1-16-10(6-7-15-16)4-2-9-3-5-11(13)12(14)8-9/h3,5-8H,2,4H2,1H3. The molecule has 4 heteroatoms. The van der Waals surface area contributed by atoms with E-state index in [-0.39, 0.29) is 0 Å². The highest BCUT2D eigenvalue weighted by Gasteiger charge is 2.04. The van der Waals surface area contributed by atoms with Crippen molar-refractivity contribution in [2.24, 2.45) is 7.05 Å². The third-order valence-electron chi connectivity index (χ3n) is 2.58. The molecular formula is C12H12F2N2. The van der Waals surface area contributed by atoms with Gasteiger partial charge in [-0.25, -0.2) is 8.78 Å². The molecule has 0 saturated carbocycles. The molecule has 0 N–H and O–H groups in total. The number of nitrogens with zero attached hydrogens (tertiary/aromatic N) is 2. The molecule has 0 saturated heterocycles. The van der Waals surface area contributed by atoms with Gasteiger partial charge in [0.1, 0.15) is 0 Å². The smallest absolute Gasteiger partial charge is 0.159 e. The first kappa shape index (κ1) is 10.8. The molecule has 0 amide bonds. The summed E-state index contributed by atoms with van der Waals surface area (Å²) >= 11 is 0. The van der Waals surface area contributed by atoms with Crippen LogP contribution in [-0.4, -0.2) is 9.78 Å². The first-order chi connectivity index (χ1) is 7.66. The van der Waals surface area contributed by atoms with Crippen LogP contribution in [0.4, 0.5) is 8.78 Å². The number of hydrogen-bond donors (Lipinski definition) is 0. The fourth-order valence-electron chi connectivity index (χ4n) is 1.61. The third-order valence-corrected chi connectivity index (χ3v) is 2.58. The lowest BCUT2D eigenvalue weighted by Crippen LogP contribution is -2.00. The molecule has 2 rings (SSSR count). The molecule has 1 aromatic carbocycles. The quantitative estimate of drug-likeness (QED) is 0.780. The van der Waals surface area contributed by atoms with Gasteiger partial charge in [0.25, 0.3) is 0 Å². The predicted octanol–water partition coefficient (Wildman–Crippen LogP) is 2.48. The number of rotatable bonds is 3. The largest absolute Gasteiger partial charge is 0.273 e. The van der Waals surface area contributed by atoms with Gasteiger partial charge in [-0.2, -0.15) is 5.10 Å². The van der Waals surface area contributed by atoms with E-state index in [1.165, 1.54) is 6.07 Å². The minimum absolute atomic E-state index is 0.677. The van der Waals surface area contributed by atoms with Crippen LogP contribution in [0.1, 0.15) is 11.3 Å². The zero-order valence-corrected chi connectivity index (χ0v) is 8.95. The number of benzene rings is 1. The summed E-state index contributed by atoms with van der Waals surface area (Å²) in [5, 5.41) is 4.04. The Bertz CT molecular complexity index is 492. The second-order valence-corrected chi connectivity index (χ2v) is 3.69. The Morgan fingerprint density at radius 2 is 1.94 bits per heavy atom. The number of halogens is 2. The van der Waals surface area contributed by atoms with E-state index in [0.717, 1.165) is 23.7 Å². The van der Waals surface area contributed by atoms with Gasteiger partial charge >= 0.3 is 0 Å². The lowest BCUT2D eigenvalue weighted by molar-refractivity contribution is 0.507. The van der Waals surface area contributed by atoms with Crippen LogP contribution >= 0.6 is 0 Å². The average molecular weight is 222 g/mol. The monoisotopic (exact) mass is 222 g/mol.